The Hall–Kier alpha value is -2.45. The van der Waals surface area contributed by atoms with Crippen molar-refractivity contribution in [3.63, 3.8) is 0 Å². The maximum absolute atomic E-state index is 15.2. The molecule has 0 spiro atoms. The van der Waals surface area contributed by atoms with Gasteiger partial charge in [-0.25, -0.2) is 8.78 Å². The molecular weight excluding hydrogens is 412 g/mol. The minimum atomic E-state index is -0.960. The fourth-order valence-electron chi connectivity index (χ4n) is 3.31. The molecule has 4 aromatic rings. The van der Waals surface area contributed by atoms with Crippen LogP contribution in [0.3, 0.4) is 0 Å². The zero-order valence-corrected chi connectivity index (χ0v) is 17.5. The highest BCUT2D eigenvalue weighted by molar-refractivity contribution is 7.17. The van der Waals surface area contributed by atoms with Crippen molar-refractivity contribution in [1.29, 1.82) is 0 Å². The SMILES string of the molecule is CCCCCCn1nc2c(-c3cccs3)c(F)c(F)c(-c3ccc(C=O)s3)c2n1. The van der Waals surface area contributed by atoms with Gasteiger partial charge in [0.1, 0.15) is 11.0 Å². The number of aryl methyl sites for hydroxylation is 1. The molecule has 0 N–H and O–H groups in total. The molecule has 8 heteroatoms. The number of aldehydes is 1. The smallest absolute Gasteiger partial charge is 0.170 e. The van der Waals surface area contributed by atoms with Gasteiger partial charge in [0, 0.05) is 9.75 Å². The molecule has 0 amide bonds. The number of fused-ring (bicyclic) bond motifs is 1. The molecule has 4 nitrogen and oxygen atoms in total. The first-order chi connectivity index (χ1) is 14.1. The number of hydrogen-bond donors (Lipinski definition) is 0. The first-order valence-electron chi connectivity index (χ1n) is 9.49. The van der Waals surface area contributed by atoms with Crippen molar-refractivity contribution in [3.05, 3.63) is 46.2 Å². The number of aromatic nitrogens is 3. The van der Waals surface area contributed by atoms with Crippen LogP contribution in [0.4, 0.5) is 8.78 Å². The molecule has 3 aromatic heterocycles. The van der Waals surface area contributed by atoms with Gasteiger partial charge < -0.3 is 0 Å². The van der Waals surface area contributed by atoms with Crippen LogP contribution in [-0.4, -0.2) is 21.3 Å². The van der Waals surface area contributed by atoms with E-state index in [1.165, 1.54) is 16.1 Å². The van der Waals surface area contributed by atoms with Gasteiger partial charge in [-0.15, -0.1) is 22.7 Å². The highest BCUT2D eigenvalue weighted by Crippen LogP contribution is 2.41. The molecule has 0 radical (unpaired) electrons. The highest BCUT2D eigenvalue weighted by Gasteiger charge is 2.27. The lowest BCUT2D eigenvalue weighted by molar-refractivity contribution is 0.112. The molecule has 0 fully saturated rings. The number of hydrogen-bond acceptors (Lipinski definition) is 5. The van der Waals surface area contributed by atoms with Gasteiger partial charge >= 0.3 is 0 Å². The molecule has 0 aliphatic rings. The van der Waals surface area contributed by atoms with Crippen molar-refractivity contribution in [2.45, 2.75) is 39.2 Å². The Morgan fingerprint density at radius 2 is 1.72 bits per heavy atom. The molecule has 0 saturated carbocycles. The van der Waals surface area contributed by atoms with Crippen molar-refractivity contribution in [1.82, 2.24) is 15.0 Å². The third kappa shape index (κ3) is 3.74. The van der Waals surface area contributed by atoms with Crippen molar-refractivity contribution >= 4 is 40.0 Å². The van der Waals surface area contributed by atoms with E-state index in [0.717, 1.165) is 37.0 Å². The number of halogens is 2. The summed E-state index contributed by atoms with van der Waals surface area (Å²) in [5.74, 6) is -1.90. The molecule has 0 aliphatic heterocycles. The number of carbonyl (C=O) groups is 1. The summed E-state index contributed by atoms with van der Waals surface area (Å²) in [4.78, 5) is 14.1. The molecule has 0 saturated heterocycles. The summed E-state index contributed by atoms with van der Waals surface area (Å²) in [6, 6.07) is 6.76. The van der Waals surface area contributed by atoms with Crippen LogP contribution in [0.2, 0.25) is 0 Å². The van der Waals surface area contributed by atoms with Crippen molar-refractivity contribution in [3.8, 4) is 20.9 Å². The number of thiophene rings is 2. The van der Waals surface area contributed by atoms with E-state index in [2.05, 4.69) is 17.1 Å². The Bertz CT molecular complexity index is 1150. The summed E-state index contributed by atoms with van der Waals surface area (Å²) >= 11 is 2.44. The molecule has 0 unspecified atom stereocenters. The van der Waals surface area contributed by atoms with E-state index >= 15 is 8.78 Å². The fraction of sp³-hybridized carbons (Fsp3) is 0.286. The Labute approximate surface area is 174 Å². The molecule has 150 valence electrons. The average molecular weight is 432 g/mol. The third-order valence-corrected chi connectivity index (χ3v) is 6.64. The van der Waals surface area contributed by atoms with E-state index in [4.69, 9.17) is 0 Å². The molecule has 3 heterocycles. The molecule has 4 rings (SSSR count). The maximum Gasteiger partial charge on any atom is 0.170 e. The first kappa shape index (κ1) is 19.8. The molecule has 0 atom stereocenters. The number of carbonyl (C=O) groups excluding carboxylic acids is 1. The fourth-order valence-corrected chi connectivity index (χ4v) is 4.94. The molecule has 1 aromatic carbocycles. The van der Waals surface area contributed by atoms with Crippen LogP contribution in [0.5, 0.6) is 0 Å². The Kier molecular flexibility index (Phi) is 5.82. The van der Waals surface area contributed by atoms with Gasteiger partial charge in [-0.2, -0.15) is 15.0 Å². The van der Waals surface area contributed by atoms with Crippen LogP contribution in [0, 0.1) is 11.6 Å². The largest absolute Gasteiger partial charge is 0.297 e. The second-order valence-electron chi connectivity index (χ2n) is 6.73. The molecule has 29 heavy (non-hydrogen) atoms. The van der Waals surface area contributed by atoms with Crippen LogP contribution in [0.1, 0.15) is 42.3 Å². The van der Waals surface area contributed by atoms with Crippen LogP contribution in [0.15, 0.2) is 29.6 Å². The van der Waals surface area contributed by atoms with Crippen molar-refractivity contribution in [2.75, 3.05) is 0 Å². The number of nitrogens with zero attached hydrogens (tertiary/aromatic N) is 3. The molecule has 0 bridgehead atoms. The van der Waals surface area contributed by atoms with E-state index in [1.807, 2.05) is 5.38 Å². The van der Waals surface area contributed by atoms with Gasteiger partial charge in [0.15, 0.2) is 17.9 Å². The van der Waals surface area contributed by atoms with Crippen LogP contribution < -0.4 is 0 Å². The second kappa shape index (κ2) is 8.51. The summed E-state index contributed by atoms with van der Waals surface area (Å²) in [7, 11) is 0. The normalized spacial score (nSPS) is 11.4. The molecular formula is C21H19F2N3OS2. The maximum atomic E-state index is 15.2. The van der Waals surface area contributed by atoms with E-state index in [-0.39, 0.29) is 11.1 Å². The molecule has 0 aliphatic carbocycles. The number of rotatable bonds is 8. The highest BCUT2D eigenvalue weighted by atomic mass is 32.1. The summed E-state index contributed by atoms with van der Waals surface area (Å²) in [5.41, 5.74) is 0.874. The van der Waals surface area contributed by atoms with Gasteiger partial charge in [-0.05, 0) is 30.0 Å². The van der Waals surface area contributed by atoms with Gasteiger partial charge in [0.05, 0.1) is 22.5 Å². The zero-order chi connectivity index (χ0) is 20.4. The van der Waals surface area contributed by atoms with Crippen LogP contribution in [-0.2, 0) is 6.54 Å². The van der Waals surface area contributed by atoms with Crippen molar-refractivity contribution < 1.29 is 13.6 Å². The summed E-state index contributed by atoms with van der Waals surface area (Å²) in [5, 5.41) is 10.9. The lowest BCUT2D eigenvalue weighted by Gasteiger charge is -2.07. The predicted octanol–water partition coefficient (Wildman–Crippen LogP) is 6.56. The third-order valence-electron chi connectivity index (χ3n) is 4.73. The van der Waals surface area contributed by atoms with Gasteiger partial charge in [0.2, 0.25) is 0 Å². The van der Waals surface area contributed by atoms with Crippen LogP contribution in [0.25, 0.3) is 31.9 Å². The van der Waals surface area contributed by atoms with Crippen LogP contribution >= 0.6 is 22.7 Å². The lowest BCUT2D eigenvalue weighted by atomic mass is 10.0. The summed E-state index contributed by atoms with van der Waals surface area (Å²) in [6.45, 7) is 2.73. The van der Waals surface area contributed by atoms with E-state index in [0.29, 0.717) is 38.5 Å². The standard InChI is InChI=1S/C21H19F2N3OS2/c1-2-3-4-5-10-26-24-20-16(14-7-6-11-28-14)18(22)19(23)17(21(20)25-26)15-9-8-13(12-27)29-15/h6-9,11-12H,2-5,10H2,1H3. The summed E-state index contributed by atoms with van der Waals surface area (Å²) < 4.78 is 30.4. The zero-order valence-electron chi connectivity index (χ0n) is 15.8. The van der Waals surface area contributed by atoms with E-state index < -0.39 is 11.6 Å². The average Bonchev–Trinajstić information content (AvgIpc) is 3.47. The van der Waals surface area contributed by atoms with E-state index in [9.17, 15) is 4.79 Å². The summed E-state index contributed by atoms with van der Waals surface area (Å²) in [6.07, 6.45) is 4.89. The quantitative estimate of drug-likeness (QED) is 0.234. The predicted molar refractivity (Wildman–Crippen MR) is 114 cm³/mol. The second-order valence-corrected chi connectivity index (χ2v) is 8.79. The first-order valence-corrected chi connectivity index (χ1v) is 11.2. The van der Waals surface area contributed by atoms with Crippen molar-refractivity contribution in [2.24, 2.45) is 0 Å². The van der Waals surface area contributed by atoms with Gasteiger partial charge in [-0.3, -0.25) is 4.79 Å². The minimum absolute atomic E-state index is 0.0655. The van der Waals surface area contributed by atoms with E-state index in [1.54, 1.807) is 24.3 Å². The Morgan fingerprint density at radius 3 is 2.31 bits per heavy atom. The number of benzene rings is 1. The lowest BCUT2D eigenvalue weighted by Crippen LogP contribution is -2.02. The minimum Gasteiger partial charge on any atom is -0.297 e. The number of unbranched alkanes of at least 4 members (excludes halogenated alkanes) is 3. The Balaban J connectivity index is 1.90. The Morgan fingerprint density at radius 1 is 1.00 bits per heavy atom. The monoisotopic (exact) mass is 431 g/mol. The topological polar surface area (TPSA) is 47.8 Å². The van der Waals surface area contributed by atoms with Gasteiger partial charge in [0.25, 0.3) is 0 Å². The van der Waals surface area contributed by atoms with Gasteiger partial charge in [-0.1, -0.05) is 32.3 Å².